The number of nitrogens with one attached hydrogen (secondary N) is 1. The third-order valence-corrected chi connectivity index (χ3v) is 8.38. The van der Waals surface area contributed by atoms with Crippen LogP contribution in [0.15, 0.2) is 48.3 Å². The second kappa shape index (κ2) is 9.16. The fourth-order valence-corrected chi connectivity index (χ4v) is 6.52. The van der Waals surface area contributed by atoms with E-state index in [9.17, 15) is 24.3 Å². The first-order valence-electron chi connectivity index (χ1n) is 10.1. The Hall–Kier alpha value is -3.11. The number of oxazole rings is 1. The van der Waals surface area contributed by atoms with Gasteiger partial charge in [-0.25, -0.2) is 14.3 Å². The van der Waals surface area contributed by atoms with Gasteiger partial charge in [-0.3, -0.25) is 19.1 Å². The summed E-state index contributed by atoms with van der Waals surface area (Å²) >= 11 is 5.92. The highest BCUT2D eigenvalue weighted by Gasteiger charge is 2.54. The molecule has 2 aliphatic heterocycles. The highest BCUT2D eigenvalue weighted by molar-refractivity contribution is 9.10. The molecule has 13 nitrogen and oxygen atoms in total. The minimum atomic E-state index is -1.22. The number of carboxylic acid groups (broad SMARTS) is 1. The molecule has 2 atom stereocenters. The van der Waals surface area contributed by atoms with Crippen molar-refractivity contribution < 1.29 is 23.9 Å². The maximum Gasteiger partial charge on any atom is 0.420 e. The zero-order valence-corrected chi connectivity index (χ0v) is 21.1. The Labute approximate surface area is 213 Å². The van der Waals surface area contributed by atoms with Crippen molar-refractivity contribution in [3.05, 3.63) is 44.5 Å². The second-order valence-corrected chi connectivity index (χ2v) is 10.6. The maximum absolute atomic E-state index is 12.9. The molecule has 0 bridgehead atoms. The number of aryl methyl sites for hydroxylation is 1. The minimum Gasteiger partial charge on any atom is -0.477 e. The number of fused-ring (bicyclic) bond motifs is 2. The molecule has 1 saturated heterocycles. The van der Waals surface area contributed by atoms with Crippen molar-refractivity contribution in [1.82, 2.24) is 35.0 Å². The predicted octanol–water partition coefficient (Wildman–Crippen LogP) is 0.411. The topological polar surface area (TPSA) is 165 Å². The first-order chi connectivity index (χ1) is 16.7. The van der Waals surface area contributed by atoms with E-state index >= 15 is 0 Å². The molecule has 182 valence electrons. The molecular formula is C19H16BrN7O6S2. The normalized spacial score (nSPS) is 19.6. The number of aliphatic carboxylic acids is 1. The largest absolute Gasteiger partial charge is 0.477 e. The van der Waals surface area contributed by atoms with Crippen molar-refractivity contribution in [3.8, 4) is 0 Å². The number of hydrogen-bond donors (Lipinski definition) is 2. The number of nitrogens with zero attached hydrogens (tertiary/aromatic N) is 6. The molecule has 16 heteroatoms. The molecule has 2 aliphatic rings. The van der Waals surface area contributed by atoms with Crippen molar-refractivity contribution in [2.45, 2.75) is 23.1 Å². The number of thioether (sulfide) groups is 2. The Bertz CT molecular complexity index is 1460. The van der Waals surface area contributed by atoms with Crippen LogP contribution >= 0.6 is 39.5 Å². The average Bonchev–Trinajstić information content (AvgIpc) is 3.36. The summed E-state index contributed by atoms with van der Waals surface area (Å²) in [6.45, 7) is -0.343. The quantitative estimate of drug-likeness (QED) is 0.293. The molecule has 1 fully saturated rings. The van der Waals surface area contributed by atoms with Gasteiger partial charge in [-0.15, -0.1) is 16.9 Å². The Morgan fingerprint density at radius 2 is 2.17 bits per heavy atom. The van der Waals surface area contributed by atoms with Crippen LogP contribution in [0.5, 0.6) is 0 Å². The molecule has 5 rings (SSSR count). The fourth-order valence-electron chi connectivity index (χ4n) is 3.84. The molecule has 3 aromatic rings. The smallest absolute Gasteiger partial charge is 0.420 e. The van der Waals surface area contributed by atoms with Crippen LogP contribution in [0.25, 0.3) is 11.1 Å². The summed E-state index contributed by atoms with van der Waals surface area (Å²) < 4.78 is 8.54. The summed E-state index contributed by atoms with van der Waals surface area (Å²) in [6, 6.07) is 4.08. The van der Waals surface area contributed by atoms with E-state index in [1.165, 1.54) is 37.7 Å². The SMILES string of the molecule is Cn1nnnc1SCC1=C(C(=O)O)N2C(=O)C(NC(=O)Cn3c(=O)oc4cc(Br)ccc43)[C@H]2SC1. The summed E-state index contributed by atoms with van der Waals surface area (Å²) in [5, 5.41) is 23.5. The molecular weight excluding hydrogens is 566 g/mol. The molecule has 0 aliphatic carbocycles. The summed E-state index contributed by atoms with van der Waals surface area (Å²) in [7, 11) is 1.67. The number of amides is 2. The molecule has 0 radical (unpaired) electrons. The lowest BCUT2D eigenvalue weighted by Gasteiger charge is -2.49. The van der Waals surface area contributed by atoms with Crippen LogP contribution < -0.4 is 11.1 Å². The number of carbonyl (C=O) groups excluding carboxylic acids is 2. The van der Waals surface area contributed by atoms with Gasteiger partial charge in [0, 0.05) is 23.0 Å². The molecule has 2 amide bonds. The third-order valence-electron chi connectivity index (χ3n) is 5.46. The van der Waals surface area contributed by atoms with E-state index < -0.39 is 35.0 Å². The van der Waals surface area contributed by atoms with E-state index in [-0.39, 0.29) is 12.2 Å². The van der Waals surface area contributed by atoms with E-state index in [1.807, 2.05) is 0 Å². The Balaban J connectivity index is 1.29. The van der Waals surface area contributed by atoms with Crippen molar-refractivity contribution in [2.75, 3.05) is 11.5 Å². The van der Waals surface area contributed by atoms with Crippen LogP contribution in [0.1, 0.15) is 0 Å². The third kappa shape index (κ3) is 4.25. The number of aromatic nitrogens is 5. The van der Waals surface area contributed by atoms with Crippen LogP contribution in [-0.4, -0.2) is 75.5 Å². The molecule has 2 aromatic heterocycles. The summed E-state index contributed by atoms with van der Waals surface area (Å²) in [4.78, 5) is 51.0. The van der Waals surface area contributed by atoms with Gasteiger partial charge in [0.15, 0.2) is 5.58 Å². The zero-order valence-electron chi connectivity index (χ0n) is 17.9. The monoisotopic (exact) mass is 581 g/mol. The number of tetrazole rings is 1. The van der Waals surface area contributed by atoms with Gasteiger partial charge in [0.2, 0.25) is 11.1 Å². The molecule has 0 saturated carbocycles. The number of hydrogen-bond acceptors (Lipinski definition) is 10. The van der Waals surface area contributed by atoms with Gasteiger partial charge >= 0.3 is 11.7 Å². The summed E-state index contributed by atoms with van der Waals surface area (Å²) in [5.41, 5.74) is 1.24. The van der Waals surface area contributed by atoms with Crippen LogP contribution in [0.4, 0.5) is 0 Å². The van der Waals surface area contributed by atoms with Crippen molar-refractivity contribution in [3.63, 3.8) is 0 Å². The van der Waals surface area contributed by atoms with Crippen molar-refractivity contribution in [1.29, 1.82) is 0 Å². The lowest BCUT2D eigenvalue weighted by molar-refractivity contribution is -0.150. The molecule has 4 heterocycles. The van der Waals surface area contributed by atoms with Gasteiger partial charge in [0.1, 0.15) is 23.7 Å². The maximum atomic E-state index is 12.9. The highest BCUT2D eigenvalue weighted by Crippen LogP contribution is 2.41. The fraction of sp³-hybridized carbons (Fsp3) is 0.316. The first kappa shape index (κ1) is 23.6. The number of carbonyl (C=O) groups is 3. The summed E-state index contributed by atoms with van der Waals surface area (Å²) in [5.74, 6) is -2.34. The van der Waals surface area contributed by atoms with Gasteiger partial charge in [0.05, 0.1) is 5.52 Å². The average molecular weight is 582 g/mol. The molecule has 1 aromatic carbocycles. The van der Waals surface area contributed by atoms with E-state index in [0.29, 0.717) is 33.3 Å². The summed E-state index contributed by atoms with van der Waals surface area (Å²) in [6.07, 6.45) is 0. The predicted molar refractivity (Wildman–Crippen MR) is 127 cm³/mol. The highest BCUT2D eigenvalue weighted by atomic mass is 79.9. The molecule has 1 unspecified atom stereocenters. The van der Waals surface area contributed by atoms with E-state index in [0.717, 1.165) is 4.47 Å². The Morgan fingerprint density at radius 3 is 2.89 bits per heavy atom. The van der Waals surface area contributed by atoms with Gasteiger partial charge in [-0.05, 0) is 34.2 Å². The van der Waals surface area contributed by atoms with Crippen LogP contribution in [0.2, 0.25) is 0 Å². The van der Waals surface area contributed by atoms with Gasteiger partial charge in [-0.2, -0.15) is 0 Å². The van der Waals surface area contributed by atoms with Crippen LogP contribution in [-0.2, 0) is 28.0 Å². The molecule has 0 spiro atoms. The number of β-lactam (4-membered cyclic amide) rings is 1. The number of rotatable bonds is 7. The van der Waals surface area contributed by atoms with Crippen LogP contribution in [0, 0.1) is 0 Å². The Morgan fingerprint density at radius 1 is 1.37 bits per heavy atom. The van der Waals surface area contributed by atoms with E-state index in [2.05, 4.69) is 36.8 Å². The number of carboxylic acids is 1. The van der Waals surface area contributed by atoms with Crippen molar-refractivity contribution in [2.24, 2.45) is 7.05 Å². The molecule has 2 N–H and O–H groups in total. The number of halogens is 1. The molecule has 35 heavy (non-hydrogen) atoms. The van der Waals surface area contributed by atoms with Gasteiger partial charge < -0.3 is 14.8 Å². The lowest BCUT2D eigenvalue weighted by atomic mass is 10.0. The minimum absolute atomic E-state index is 0.0884. The van der Waals surface area contributed by atoms with E-state index in [1.54, 1.807) is 25.2 Å². The van der Waals surface area contributed by atoms with E-state index in [4.69, 9.17) is 4.42 Å². The van der Waals surface area contributed by atoms with Crippen LogP contribution in [0.3, 0.4) is 0 Å². The lowest BCUT2D eigenvalue weighted by Crippen LogP contribution is -2.70. The van der Waals surface area contributed by atoms with Gasteiger partial charge in [-0.1, -0.05) is 27.7 Å². The first-order valence-corrected chi connectivity index (χ1v) is 12.9. The standard InChI is InChI=1S/C19H16BrN7O6S2/c1-25-18(22-23-24-25)35-7-8-6-34-16-13(15(29)27(16)14(8)17(30)31)21-12(28)5-26-10-3-2-9(20)4-11(10)33-19(26)32/h2-4,13,16H,5-7H2,1H3,(H,21,28)(H,30,31)/t13?,16-/m1/s1. The zero-order chi connectivity index (χ0) is 24.9. The number of benzene rings is 1. The van der Waals surface area contributed by atoms with Gasteiger partial charge in [0.25, 0.3) is 5.91 Å². The van der Waals surface area contributed by atoms with Crippen molar-refractivity contribution >= 4 is 68.3 Å². The second-order valence-electron chi connectivity index (χ2n) is 7.65. The Kier molecular flexibility index (Phi) is 6.18.